The van der Waals surface area contributed by atoms with Gasteiger partial charge in [-0.2, -0.15) is 0 Å². The van der Waals surface area contributed by atoms with E-state index in [2.05, 4.69) is 29.0 Å². The summed E-state index contributed by atoms with van der Waals surface area (Å²) in [5.74, 6) is 0. The van der Waals surface area contributed by atoms with Crippen molar-refractivity contribution in [3.8, 4) is 0 Å². The van der Waals surface area contributed by atoms with Crippen LogP contribution in [0.4, 0.5) is 5.69 Å². The van der Waals surface area contributed by atoms with Crippen LogP contribution in [-0.4, -0.2) is 10.7 Å². The second-order valence-electron chi connectivity index (χ2n) is 3.77. The topological polar surface area (TPSA) is 25.2 Å². The lowest BCUT2D eigenvalue weighted by Gasteiger charge is -2.00. The Morgan fingerprint density at radius 1 is 1.12 bits per heavy atom. The molecule has 2 heteroatoms. The highest BCUT2D eigenvalue weighted by Crippen LogP contribution is 2.14. The van der Waals surface area contributed by atoms with Gasteiger partial charge in [-0.05, 0) is 32.0 Å². The van der Waals surface area contributed by atoms with Gasteiger partial charge in [-0.1, -0.05) is 23.8 Å². The molecule has 0 aliphatic rings. The van der Waals surface area contributed by atoms with Gasteiger partial charge in [0.15, 0.2) is 0 Å². The number of rotatable bonds is 2. The summed E-state index contributed by atoms with van der Waals surface area (Å²) in [6.07, 6.45) is 3.59. The molecule has 0 N–H and O–H groups in total. The van der Waals surface area contributed by atoms with Crippen molar-refractivity contribution in [2.75, 3.05) is 0 Å². The zero-order valence-electron chi connectivity index (χ0n) is 9.51. The fourth-order valence-corrected chi connectivity index (χ4v) is 1.45. The third kappa shape index (κ3) is 2.54. The van der Waals surface area contributed by atoms with Crippen molar-refractivity contribution in [2.24, 2.45) is 4.99 Å². The van der Waals surface area contributed by atoms with Crippen molar-refractivity contribution in [3.63, 3.8) is 0 Å². The molecule has 2 nitrogen and oxygen atoms in total. The van der Waals surface area contributed by atoms with E-state index in [-0.39, 0.29) is 0 Å². The molecule has 0 bridgehead atoms. The monoisotopic (exact) mass is 210 g/mol. The number of aryl methyl sites for hydroxylation is 1. The van der Waals surface area contributed by atoms with Crippen molar-refractivity contribution in [1.82, 2.24) is 4.98 Å². The molecule has 1 aromatic heterocycles. The minimum atomic E-state index is 0.979. The molecule has 0 aliphatic heterocycles. The van der Waals surface area contributed by atoms with Crippen molar-refractivity contribution < 1.29 is 0 Å². The van der Waals surface area contributed by atoms with Gasteiger partial charge in [0.1, 0.15) is 0 Å². The number of aliphatic imine (C=N–C) groups is 1. The lowest BCUT2D eigenvalue weighted by atomic mass is 10.2. The smallest absolute Gasteiger partial charge is 0.0633 e. The van der Waals surface area contributed by atoms with Crippen molar-refractivity contribution in [3.05, 3.63) is 59.9 Å². The molecule has 2 rings (SSSR count). The Bertz CT molecular complexity index is 484. The molecular formula is C14H14N2. The average molecular weight is 210 g/mol. The first-order valence-corrected chi connectivity index (χ1v) is 5.28. The molecule has 0 saturated heterocycles. The zero-order chi connectivity index (χ0) is 11.4. The molecule has 16 heavy (non-hydrogen) atoms. The van der Waals surface area contributed by atoms with Crippen LogP contribution < -0.4 is 0 Å². The summed E-state index contributed by atoms with van der Waals surface area (Å²) in [5.41, 5.74) is 4.27. The van der Waals surface area contributed by atoms with Crippen molar-refractivity contribution >= 4 is 11.4 Å². The molecule has 0 spiro atoms. The summed E-state index contributed by atoms with van der Waals surface area (Å²) in [6.45, 7) is 4.07. The average Bonchev–Trinajstić information content (AvgIpc) is 2.33. The van der Waals surface area contributed by atoms with Gasteiger partial charge >= 0.3 is 0 Å². The molecule has 0 fully saturated rings. The van der Waals surface area contributed by atoms with E-state index < -0.39 is 0 Å². The predicted octanol–water partition coefficient (Wildman–Crippen LogP) is 3.53. The standard InChI is InChI=1S/C14H14N2/c1-11-5-7-14(8-6-11)16-12(2)13-4-3-9-15-10-13/h3-10H,1-2H3/b16-12+. The Morgan fingerprint density at radius 3 is 2.50 bits per heavy atom. The van der Waals surface area contributed by atoms with Crippen LogP contribution in [0, 0.1) is 6.92 Å². The SMILES string of the molecule is C/C(=N\c1ccc(C)cc1)c1cccnc1. The van der Waals surface area contributed by atoms with Crippen LogP contribution in [0.3, 0.4) is 0 Å². The highest BCUT2D eigenvalue weighted by atomic mass is 14.7. The first-order valence-electron chi connectivity index (χ1n) is 5.28. The van der Waals surface area contributed by atoms with Gasteiger partial charge in [-0.3, -0.25) is 9.98 Å². The summed E-state index contributed by atoms with van der Waals surface area (Å²) in [7, 11) is 0. The minimum Gasteiger partial charge on any atom is -0.264 e. The second-order valence-corrected chi connectivity index (χ2v) is 3.77. The Kier molecular flexibility index (Phi) is 3.10. The first kappa shape index (κ1) is 10.6. The first-order chi connectivity index (χ1) is 7.75. The van der Waals surface area contributed by atoms with Gasteiger partial charge in [0.25, 0.3) is 0 Å². The summed E-state index contributed by atoms with van der Waals surface area (Å²) in [6, 6.07) is 12.1. The van der Waals surface area contributed by atoms with E-state index in [1.807, 2.05) is 37.4 Å². The number of pyridine rings is 1. The van der Waals surface area contributed by atoms with E-state index in [0.717, 1.165) is 17.0 Å². The second kappa shape index (κ2) is 4.71. The van der Waals surface area contributed by atoms with Crippen LogP contribution in [0.25, 0.3) is 0 Å². The summed E-state index contributed by atoms with van der Waals surface area (Å²) in [5, 5.41) is 0. The van der Waals surface area contributed by atoms with Gasteiger partial charge in [0, 0.05) is 23.7 Å². The number of nitrogens with zero attached hydrogens (tertiary/aromatic N) is 2. The molecule has 0 radical (unpaired) electrons. The molecule has 0 amide bonds. The Balaban J connectivity index is 2.28. The number of benzene rings is 1. The van der Waals surface area contributed by atoms with Gasteiger partial charge in [0.05, 0.1) is 5.69 Å². The zero-order valence-corrected chi connectivity index (χ0v) is 9.51. The molecule has 1 heterocycles. The van der Waals surface area contributed by atoms with E-state index in [0.29, 0.717) is 0 Å². The Morgan fingerprint density at radius 2 is 1.88 bits per heavy atom. The number of hydrogen-bond donors (Lipinski definition) is 0. The molecule has 80 valence electrons. The van der Waals surface area contributed by atoms with Crippen LogP contribution in [0.1, 0.15) is 18.1 Å². The van der Waals surface area contributed by atoms with Gasteiger partial charge < -0.3 is 0 Å². The largest absolute Gasteiger partial charge is 0.264 e. The van der Waals surface area contributed by atoms with E-state index >= 15 is 0 Å². The minimum absolute atomic E-state index is 0.979. The van der Waals surface area contributed by atoms with E-state index in [4.69, 9.17) is 0 Å². The van der Waals surface area contributed by atoms with Gasteiger partial charge in [-0.25, -0.2) is 0 Å². The summed E-state index contributed by atoms with van der Waals surface area (Å²) < 4.78 is 0. The highest BCUT2D eigenvalue weighted by molar-refractivity contribution is 5.99. The normalized spacial score (nSPS) is 11.5. The molecule has 0 unspecified atom stereocenters. The lowest BCUT2D eigenvalue weighted by molar-refractivity contribution is 1.31. The van der Waals surface area contributed by atoms with Crippen LogP contribution in [0.2, 0.25) is 0 Å². The maximum atomic E-state index is 4.55. The number of aromatic nitrogens is 1. The third-order valence-corrected chi connectivity index (χ3v) is 2.41. The van der Waals surface area contributed by atoms with Gasteiger partial charge in [0.2, 0.25) is 0 Å². The Labute approximate surface area is 95.7 Å². The fourth-order valence-electron chi connectivity index (χ4n) is 1.45. The number of hydrogen-bond acceptors (Lipinski definition) is 2. The van der Waals surface area contributed by atoms with E-state index in [9.17, 15) is 0 Å². The maximum Gasteiger partial charge on any atom is 0.0633 e. The quantitative estimate of drug-likeness (QED) is 0.696. The predicted molar refractivity (Wildman–Crippen MR) is 67.3 cm³/mol. The highest BCUT2D eigenvalue weighted by Gasteiger charge is 1.96. The van der Waals surface area contributed by atoms with Crippen LogP contribution >= 0.6 is 0 Å². The van der Waals surface area contributed by atoms with Crippen molar-refractivity contribution in [2.45, 2.75) is 13.8 Å². The van der Waals surface area contributed by atoms with Crippen LogP contribution in [0.5, 0.6) is 0 Å². The van der Waals surface area contributed by atoms with Crippen LogP contribution in [-0.2, 0) is 0 Å². The van der Waals surface area contributed by atoms with Crippen LogP contribution in [0.15, 0.2) is 53.8 Å². The molecule has 0 aliphatic carbocycles. The van der Waals surface area contributed by atoms with E-state index in [1.54, 1.807) is 6.20 Å². The molecule has 1 aromatic carbocycles. The fraction of sp³-hybridized carbons (Fsp3) is 0.143. The Hall–Kier alpha value is -1.96. The van der Waals surface area contributed by atoms with E-state index in [1.165, 1.54) is 5.56 Å². The summed E-state index contributed by atoms with van der Waals surface area (Å²) in [4.78, 5) is 8.63. The maximum absolute atomic E-state index is 4.55. The lowest BCUT2D eigenvalue weighted by Crippen LogP contribution is -1.93. The summed E-state index contributed by atoms with van der Waals surface area (Å²) >= 11 is 0. The molecule has 2 aromatic rings. The molecule has 0 saturated carbocycles. The molecule has 0 atom stereocenters. The third-order valence-electron chi connectivity index (χ3n) is 2.41. The van der Waals surface area contributed by atoms with Crippen molar-refractivity contribution in [1.29, 1.82) is 0 Å². The van der Waals surface area contributed by atoms with Gasteiger partial charge in [-0.15, -0.1) is 0 Å². The molecular weight excluding hydrogens is 196 g/mol.